The van der Waals surface area contributed by atoms with Gasteiger partial charge in [-0.25, -0.2) is 0 Å². The molecule has 0 heterocycles. The summed E-state index contributed by atoms with van der Waals surface area (Å²) in [6, 6.07) is 11.4. The molecule has 2 atom stereocenters. The number of nitrogens with one attached hydrogen (secondary N) is 1. The van der Waals surface area contributed by atoms with Gasteiger partial charge in [0.2, 0.25) is 0 Å². The number of carbonyl (C=O) groups is 1. The summed E-state index contributed by atoms with van der Waals surface area (Å²) in [4.78, 5) is 12.3. The minimum atomic E-state index is -0.174. The number of benzene rings is 2. The van der Waals surface area contributed by atoms with Gasteiger partial charge in [-0.3, -0.25) is 4.79 Å². The molecule has 104 valence electrons. The van der Waals surface area contributed by atoms with Crippen molar-refractivity contribution in [2.24, 2.45) is 5.92 Å². The van der Waals surface area contributed by atoms with E-state index in [1.54, 1.807) is 12.1 Å². The van der Waals surface area contributed by atoms with Gasteiger partial charge in [0.15, 0.2) is 0 Å². The Morgan fingerprint density at radius 1 is 1.20 bits per heavy atom. The Labute approximate surface area is 118 Å². The fraction of sp³-hybridized carbons (Fsp3) is 0.353. The minimum absolute atomic E-state index is 0.0480. The van der Waals surface area contributed by atoms with Crippen LogP contribution >= 0.6 is 0 Å². The molecule has 2 N–H and O–H groups in total. The van der Waals surface area contributed by atoms with Gasteiger partial charge in [0.25, 0.3) is 5.91 Å². The molecule has 3 heteroatoms. The molecule has 1 saturated carbocycles. The zero-order valence-corrected chi connectivity index (χ0v) is 11.6. The fourth-order valence-corrected chi connectivity index (χ4v) is 3.02. The van der Waals surface area contributed by atoms with Gasteiger partial charge in [-0.05, 0) is 41.7 Å². The van der Waals surface area contributed by atoms with Crippen molar-refractivity contribution in [3.05, 3.63) is 42.0 Å². The first kappa shape index (κ1) is 13.0. The molecule has 1 fully saturated rings. The average molecular weight is 269 g/mol. The fourth-order valence-electron chi connectivity index (χ4n) is 3.02. The van der Waals surface area contributed by atoms with Crippen LogP contribution in [-0.2, 0) is 0 Å². The van der Waals surface area contributed by atoms with Crippen LogP contribution in [0.1, 0.15) is 36.5 Å². The maximum absolute atomic E-state index is 12.3. The zero-order valence-electron chi connectivity index (χ0n) is 11.6. The lowest BCUT2D eigenvalue weighted by atomic mass is 10.0. The number of carbonyl (C=O) groups excluding carboxylic acids is 1. The summed E-state index contributed by atoms with van der Waals surface area (Å²) in [5.74, 6) is 0.389. The van der Waals surface area contributed by atoms with E-state index in [0.717, 1.165) is 30.0 Å². The van der Waals surface area contributed by atoms with Crippen molar-refractivity contribution in [1.29, 1.82) is 0 Å². The maximum atomic E-state index is 12.3. The Morgan fingerprint density at radius 3 is 2.55 bits per heavy atom. The third kappa shape index (κ3) is 2.36. The number of phenols is 1. The van der Waals surface area contributed by atoms with Gasteiger partial charge in [0.1, 0.15) is 5.75 Å². The Bertz CT molecular complexity index is 650. The van der Waals surface area contributed by atoms with Gasteiger partial charge >= 0.3 is 0 Å². The Hall–Kier alpha value is -2.03. The van der Waals surface area contributed by atoms with E-state index in [0.29, 0.717) is 11.5 Å². The monoisotopic (exact) mass is 269 g/mol. The highest BCUT2D eigenvalue weighted by molar-refractivity contribution is 6.01. The largest absolute Gasteiger partial charge is 0.507 e. The van der Waals surface area contributed by atoms with Crippen LogP contribution in [0.3, 0.4) is 0 Å². The summed E-state index contributed by atoms with van der Waals surface area (Å²) >= 11 is 0. The first-order chi connectivity index (χ1) is 9.65. The molecular formula is C17H19NO2. The van der Waals surface area contributed by atoms with Crippen LogP contribution in [0.4, 0.5) is 0 Å². The van der Waals surface area contributed by atoms with Gasteiger partial charge in [-0.2, -0.15) is 0 Å². The van der Waals surface area contributed by atoms with E-state index >= 15 is 0 Å². The van der Waals surface area contributed by atoms with Crippen molar-refractivity contribution in [2.75, 3.05) is 0 Å². The highest BCUT2D eigenvalue weighted by Gasteiger charge is 2.26. The lowest BCUT2D eigenvalue weighted by Gasteiger charge is -2.18. The topological polar surface area (TPSA) is 49.3 Å². The molecule has 3 nitrogen and oxygen atoms in total. The normalized spacial score (nSPS) is 22.1. The minimum Gasteiger partial charge on any atom is -0.507 e. The molecule has 2 aromatic rings. The Balaban J connectivity index is 1.89. The van der Waals surface area contributed by atoms with Gasteiger partial charge in [0.05, 0.1) is 5.56 Å². The van der Waals surface area contributed by atoms with Gasteiger partial charge < -0.3 is 10.4 Å². The van der Waals surface area contributed by atoms with Gasteiger partial charge in [-0.1, -0.05) is 37.6 Å². The number of amides is 1. The van der Waals surface area contributed by atoms with Crippen LogP contribution < -0.4 is 5.32 Å². The number of phenolic OH excluding ortho intramolecular Hbond substituents is 1. The van der Waals surface area contributed by atoms with E-state index in [9.17, 15) is 9.90 Å². The molecule has 0 radical (unpaired) electrons. The maximum Gasteiger partial charge on any atom is 0.255 e. The molecule has 0 spiro atoms. The van der Waals surface area contributed by atoms with Crippen molar-refractivity contribution >= 4 is 16.7 Å². The lowest BCUT2D eigenvalue weighted by molar-refractivity contribution is 0.0927. The molecule has 0 saturated heterocycles. The molecular weight excluding hydrogens is 250 g/mol. The lowest BCUT2D eigenvalue weighted by Crippen LogP contribution is -2.36. The number of fused-ring (bicyclic) bond motifs is 1. The third-order valence-electron chi connectivity index (χ3n) is 4.29. The van der Waals surface area contributed by atoms with Crippen LogP contribution in [0.2, 0.25) is 0 Å². The van der Waals surface area contributed by atoms with Gasteiger partial charge in [-0.15, -0.1) is 0 Å². The number of hydrogen-bond donors (Lipinski definition) is 2. The molecule has 0 aliphatic heterocycles. The van der Waals surface area contributed by atoms with Crippen LogP contribution in [0, 0.1) is 5.92 Å². The molecule has 0 bridgehead atoms. The Morgan fingerprint density at radius 2 is 1.90 bits per heavy atom. The van der Waals surface area contributed by atoms with Crippen molar-refractivity contribution in [3.8, 4) is 5.75 Å². The van der Waals surface area contributed by atoms with E-state index in [2.05, 4.69) is 12.2 Å². The SMILES string of the molecule is CC1CCCC1NC(=O)c1cc2ccccc2cc1O. The average Bonchev–Trinajstić information content (AvgIpc) is 2.83. The summed E-state index contributed by atoms with van der Waals surface area (Å²) in [6.45, 7) is 2.16. The summed E-state index contributed by atoms with van der Waals surface area (Å²) in [5, 5.41) is 15.0. The van der Waals surface area contributed by atoms with Gasteiger partial charge in [0, 0.05) is 6.04 Å². The summed E-state index contributed by atoms with van der Waals surface area (Å²) in [7, 11) is 0. The number of aromatic hydroxyl groups is 1. The predicted molar refractivity (Wildman–Crippen MR) is 79.9 cm³/mol. The smallest absolute Gasteiger partial charge is 0.255 e. The zero-order chi connectivity index (χ0) is 14.1. The van der Waals surface area contributed by atoms with E-state index in [-0.39, 0.29) is 17.7 Å². The molecule has 2 unspecified atom stereocenters. The summed E-state index contributed by atoms with van der Waals surface area (Å²) < 4.78 is 0. The van der Waals surface area contributed by atoms with E-state index in [4.69, 9.17) is 0 Å². The highest BCUT2D eigenvalue weighted by atomic mass is 16.3. The van der Waals surface area contributed by atoms with E-state index in [1.807, 2.05) is 24.3 Å². The quantitative estimate of drug-likeness (QED) is 0.877. The van der Waals surface area contributed by atoms with Crippen molar-refractivity contribution in [1.82, 2.24) is 5.32 Å². The van der Waals surface area contributed by atoms with Crippen LogP contribution in [0.25, 0.3) is 10.8 Å². The standard InChI is InChI=1S/C17H19NO2/c1-11-5-4-8-15(11)18-17(20)14-9-12-6-2-3-7-13(12)10-16(14)19/h2-3,6-7,9-11,15,19H,4-5,8H2,1H3,(H,18,20). The molecule has 3 rings (SSSR count). The summed E-state index contributed by atoms with van der Waals surface area (Å²) in [5.41, 5.74) is 0.364. The van der Waals surface area contributed by atoms with E-state index in [1.165, 1.54) is 0 Å². The molecule has 1 aliphatic rings. The van der Waals surface area contributed by atoms with Crippen molar-refractivity contribution in [2.45, 2.75) is 32.2 Å². The first-order valence-corrected chi connectivity index (χ1v) is 7.18. The van der Waals surface area contributed by atoms with Crippen LogP contribution in [0.15, 0.2) is 36.4 Å². The highest BCUT2D eigenvalue weighted by Crippen LogP contribution is 2.28. The second-order valence-electron chi connectivity index (χ2n) is 5.70. The second kappa shape index (κ2) is 5.16. The van der Waals surface area contributed by atoms with Crippen LogP contribution in [0.5, 0.6) is 5.75 Å². The molecule has 20 heavy (non-hydrogen) atoms. The molecule has 2 aromatic carbocycles. The Kier molecular flexibility index (Phi) is 3.35. The molecule has 1 aliphatic carbocycles. The van der Waals surface area contributed by atoms with Crippen molar-refractivity contribution < 1.29 is 9.90 Å². The molecule has 0 aromatic heterocycles. The number of hydrogen-bond acceptors (Lipinski definition) is 2. The number of rotatable bonds is 2. The summed E-state index contributed by atoms with van der Waals surface area (Å²) in [6.07, 6.45) is 3.35. The first-order valence-electron chi connectivity index (χ1n) is 7.18. The van der Waals surface area contributed by atoms with Crippen LogP contribution in [-0.4, -0.2) is 17.1 Å². The second-order valence-corrected chi connectivity index (χ2v) is 5.70. The van der Waals surface area contributed by atoms with Crippen molar-refractivity contribution in [3.63, 3.8) is 0 Å². The predicted octanol–water partition coefficient (Wildman–Crippen LogP) is 3.46. The third-order valence-corrected chi connectivity index (χ3v) is 4.29. The van der Waals surface area contributed by atoms with E-state index < -0.39 is 0 Å². The molecule has 1 amide bonds.